The van der Waals surface area contributed by atoms with Gasteiger partial charge in [0.2, 0.25) is 5.91 Å². The molecule has 0 atom stereocenters. The smallest absolute Gasteiger partial charge is 0.240 e. The molecule has 1 aromatic carbocycles. The Labute approximate surface area is 123 Å². The first kappa shape index (κ1) is 15.1. The molecule has 0 radical (unpaired) electrons. The van der Waals surface area contributed by atoms with Gasteiger partial charge < -0.3 is 5.73 Å². The molecule has 110 valence electrons. The van der Waals surface area contributed by atoms with Crippen LogP contribution in [0, 0.1) is 0 Å². The summed E-state index contributed by atoms with van der Waals surface area (Å²) < 4.78 is 0. The van der Waals surface area contributed by atoms with E-state index >= 15 is 0 Å². The molecule has 0 bridgehead atoms. The number of nitrogens with one attached hydrogen (secondary N) is 1. The Hall–Kier alpha value is -2.34. The largest absolute Gasteiger partial charge is 0.358 e. The molecule has 6 nitrogen and oxygen atoms in total. The van der Waals surface area contributed by atoms with Crippen molar-refractivity contribution in [1.82, 2.24) is 15.4 Å². The number of hydrazone groups is 1. The van der Waals surface area contributed by atoms with Crippen molar-refractivity contribution >= 4 is 23.2 Å². The van der Waals surface area contributed by atoms with E-state index in [1.54, 1.807) is 18.6 Å². The highest BCUT2D eigenvalue weighted by molar-refractivity contribution is 5.96. The standard InChI is InChI=1S/C15H19N5O/c16-8-3-1-2-7-14(21)20-19-11-12-5-4-6-13-15(12)18-10-9-17-13/h4-6,9-11H,1-3,7-8,16H2,(H,20,21)/p+1. The molecule has 2 aromatic rings. The second kappa shape index (κ2) is 8.06. The summed E-state index contributed by atoms with van der Waals surface area (Å²) in [6.45, 7) is 0.919. The molecule has 0 unspecified atom stereocenters. The van der Waals surface area contributed by atoms with Crippen molar-refractivity contribution < 1.29 is 10.5 Å². The molecule has 4 N–H and O–H groups in total. The van der Waals surface area contributed by atoms with Crippen LogP contribution in [0.1, 0.15) is 31.2 Å². The van der Waals surface area contributed by atoms with Crippen LogP contribution in [0.4, 0.5) is 0 Å². The van der Waals surface area contributed by atoms with Crippen molar-refractivity contribution in [1.29, 1.82) is 0 Å². The lowest BCUT2D eigenvalue weighted by Gasteiger charge is -2.01. The molecule has 0 aliphatic rings. The van der Waals surface area contributed by atoms with Crippen LogP contribution in [0.15, 0.2) is 35.7 Å². The number of rotatable bonds is 7. The zero-order chi connectivity index (χ0) is 14.9. The summed E-state index contributed by atoms with van der Waals surface area (Å²) in [5.41, 5.74) is 8.72. The van der Waals surface area contributed by atoms with Crippen LogP contribution in [0.2, 0.25) is 0 Å². The quantitative estimate of drug-likeness (QED) is 0.449. The maximum atomic E-state index is 11.6. The molecule has 21 heavy (non-hydrogen) atoms. The third kappa shape index (κ3) is 4.61. The molecule has 0 saturated carbocycles. The molecule has 0 fully saturated rings. The average molecular weight is 286 g/mol. The zero-order valence-corrected chi connectivity index (χ0v) is 12.0. The second-order valence-corrected chi connectivity index (χ2v) is 4.73. The minimum Gasteiger partial charge on any atom is -0.358 e. The molecular weight excluding hydrogens is 266 g/mol. The average Bonchev–Trinajstić information content (AvgIpc) is 2.52. The van der Waals surface area contributed by atoms with Gasteiger partial charge in [0.15, 0.2) is 0 Å². The van der Waals surface area contributed by atoms with Crippen LogP contribution in [0.25, 0.3) is 11.0 Å². The Morgan fingerprint density at radius 1 is 1.24 bits per heavy atom. The van der Waals surface area contributed by atoms with Gasteiger partial charge in [-0.1, -0.05) is 12.1 Å². The fourth-order valence-electron chi connectivity index (χ4n) is 1.99. The lowest BCUT2D eigenvalue weighted by Crippen LogP contribution is -2.50. The number of para-hydroxylation sites is 1. The van der Waals surface area contributed by atoms with Gasteiger partial charge in [0.1, 0.15) is 0 Å². The number of quaternary nitrogens is 1. The summed E-state index contributed by atoms with van der Waals surface area (Å²) in [6.07, 6.45) is 8.34. The molecule has 1 aromatic heterocycles. The number of nitrogens with zero attached hydrogens (tertiary/aromatic N) is 3. The molecule has 2 rings (SSSR count). The Bertz CT molecular complexity index is 621. The number of carbonyl (C=O) groups is 1. The van der Waals surface area contributed by atoms with Crippen molar-refractivity contribution in [3.63, 3.8) is 0 Å². The highest BCUT2D eigenvalue weighted by Gasteiger charge is 2.01. The molecule has 0 saturated heterocycles. The highest BCUT2D eigenvalue weighted by atomic mass is 16.2. The predicted octanol–water partition coefficient (Wildman–Crippen LogP) is 0.882. The number of unbranched alkanes of at least 4 members (excludes halogenated alkanes) is 2. The Balaban J connectivity index is 1.90. The van der Waals surface area contributed by atoms with Gasteiger partial charge in [0.05, 0.1) is 23.8 Å². The number of benzene rings is 1. The van der Waals surface area contributed by atoms with E-state index in [1.165, 1.54) is 0 Å². The first-order chi connectivity index (χ1) is 10.3. The summed E-state index contributed by atoms with van der Waals surface area (Å²) >= 11 is 0. The molecule has 0 aliphatic carbocycles. The Kier molecular flexibility index (Phi) is 5.78. The molecular formula is C15H20N5O+. The summed E-state index contributed by atoms with van der Waals surface area (Å²) in [4.78, 5) is 20.1. The topological polar surface area (TPSA) is 94.9 Å². The minimum absolute atomic E-state index is 0.0679. The number of aromatic nitrogens is 2. The van der Waals surface area contributed by atoms with E-state index in [0.717, 1.165) is 42.4 Å². The fraction of sp³-hybridized carbons (Fsp3) is 0.333. The first-order valence-corrected chi connectivity index (χ1v) is 7.12. The Morgan fingerprint density at radius 2 is 2.10 bits per heavy atom. The van der Waals surface area contributed by atoms with E-state index in [9.17, 15) is 4.79 Å². The van der Waals surface area contributed by atoms with Crippen LogP contribution < -0.4 is 11.2 Å². The van der Waals surface area contributed by atoms with Gasteiger partial charge in [-0.3, -0.25) is 14.8 Å². The molecule has 1 heterocycles. The second-order valence-electron chi connectivity index (χ2n) is 4.73. The van der Waals surface area contributed by atoms with E-state index in [2.05, 4.69) is 26.2 Å². The monoisotopic (exact) mass is 286 g/mol. The van der Waals surface area contributed by atoms with E-state index in [0.29, 0.717) is 6.42 Å². The third-order valence-electron chi connectivity index (χ3n) is 3.08. The Morgan fingerprint density at radius 3 is 2.95 bits per heavy atom. The normalized spacial score (nSPS) is 11.1. The van der Waals surface area contributed by atoms with Crippen LogP contribution in [-0.2, 0) is 4.79 Å². The van der Waals surface area contributed by atoms with Crippen LogP contribution in [-0.4, -0.2) is 28.6 Å². The number of amides is 1. The van der Waals surface area contributed by atoms with Gasteiger partial charge in [-0.25, -0.2) is 5.43 Å². The zero-order valence-electron chi connectivity index (χ0n) is 12.0. The summed E-state index contributed by atoms with van der Waals surface area (Å²) in [6, 6.07) is 5.67. The van der Waals surface area contributed by atoms with Crippen LogP contribution in [0.5, 0.6) is 0 Å². The van der Waals surface area contributed by atoms with Gasteiger partial charge in [0, 0.05) is 24.4 Å². The van der Waals surface area contributed by atoms with Gasteiger partial charge in [-0.15, -0.1) is 0 Å². The van der Waals surface area contributed by atoms with Gasteiger partial charge in [-0.2, -0.15) is 5.10 Å². The molecule has 6 heteroatoms. The maximum absolute atomic E-state index is 11.6. The molecule has 0 aliphatic heterocycles. The van der Waals surface area contributed by atoms with Crippen molar-refractivity contribution in [2.45, 2.75) is 25.7 Å². The van der Waals surface area contributed by atoms with Gasteiger partial charge in [0.25, 0.3) is 0 Å². The lowest BCUT2D eigenvalue weighted by atomic mass is 10.2. The van der Waals surface area contributed by atoms with E-state index in [4.69, 9.17) is 0 Å². The van der Waals surface area contributed by atoms with Crippen molar-refractivity contribution in [2.24, 2.45) is 5.10 Å². The van der Waals surface area contributed by atoms with Crippen LogP contribution in [0.3, 0.4) is 0 Å². The number of hydrogen-bond donors (Lipinski definition) is 2. The molecule has 1 amide bonds. The first-order valence-electron chi connectivity index (χ1n) is 7.12. The number of hydrogen-bond acceptors (Lipinski definition) is 4. The number of carbonyl (C=O) groups excluding carboxylic acids is 1. The molecule has 0 spiro atoms. The highest BCUT2D eigenvalue weighted by Crippen LogP contribution is 2.11. The van der Waals surface area contributed by atoms with E-state index in [1.807, 2.05) is 18.2 Å². The number of fused-ring (bicyclic) bond motifs is 1. The van der Waals surface area contributed by atoms with Gasteiger partial charge in [-0.05, 0) is 25.3 Å². The van der Waals surface area contributed by atoms with E-state index < -0.39 is 0 Å². The van der Waals surface area contributed by atoms with Crippen molar-refractivity contribution in [3.8, 4) is 0 Å². The van der Waals surface area contributed by atoms with Crippen molar-refractivity contribution in [2.75, 3.05) is 6.54 Å². The van der Waals surface area contributed by atoms with Gasteiger partial charge >= 0.3 is 0 Å². The summed E-state index contributed by atoms with van der Waals surface area (Å²) in [5, 5.41) is 3.99. The summed E-state index contributed by atoms with van der Waals surface area (Å²) in [7, 11) is 0. The van der Waals surface area contributed by atoms with Crippen LogP contribution >= 0.6 is 0 Å². The van der Waals surface area contributed by atoms with Crippen molar-refractivity contribution in [3.05, 3.63) is 36.2 Å². The maximum Gasteiger partial charge on any atom is 0.240 e. The lowest BCUT2D eigenvalue weighted by molar-refractivity contribution is -0.368. The minimum atomic E-state index is -0.0679. The van der Waals surface area contributed by atoms with E-state index in [-0.39, 0.29) is 5.91 Å². The third-order valence-corrected chi connectivity index (χ3v) is 3.08. The predicted molar refractivity (Wildman–Crippen MR) is 81.5 cm³/mol. The SMILES string of the molecule is [NH3+]CCCCCC(=O)NN=Cc1cccc2nccnc12. The summed E-state index contributed by atoms with van der Waals surface area (Å²) in [5.74, 6) is -0.0679. The fourth-order valence-corrected chi connectivity index (χ4v) is 1.99.